The van der Waals surface area contributed by atoms with Crippen molar-refractivity contribution >= 4 is 34.4 Å². The van der Waals surface area contributed by atoms with Gasteiger partial charge in [0, 0.05) is 24.4 Å². The van der Waals surface area contributed by atoms with Crippen LogP contribution in [0.2, 0.25) is 0 Å². The second kappa shape index (κ2) is 11.4. The number of nitrogens with one attached hydrogen (secondary N) is 2. The minimum absolute atomic E-state index is 0.116. The molecule has 2 heterocycles. The second-order valence-corrected chi connectivity index (χ2v) is 8.43. The maximum atomic E-state index is 13.5. The molecule has 2 aromatic carbocycles. The van der Waals surface area contributed by atoms with Crippen LogP contribution >= 0.6 is 0 Å². The lowest BCUT2D eigenvalue weighted by atomic mass is 10.1. The number of ether oxygens (including phenoxy) is 2. The van der Waals surface area contributed by atoms with Crippen LogP contribution in [0.3, 0.4) is 0 Å². The number of fused-ring (bicyclic) bond motifs is 1. The minimum atomic E-state index is -0.351. The van der Waals surface area contributed by atoms with E-state index in [0.29, 0.717) is 53.1 Å². The number of anilines is 3. The van der Waals surface area contributed by atoms with E-state index in [1.807, 2.05) is 38.1 Å². The average molecular weight is 501 g/mol. The number of benzene rings is 2. The standard InChI is InChI=1S/C27H28N6O4/c1-5-23(34)29-19-7-6-8-20(15-19)33-25-22(31-24(17(2)3)26(33)35)16-28-27(32-25)30-18-9-11-21(12-10-18)37-14-13-36-4/h5-12,15-17H,1,13-14H2,2-4H3,(H,29,34)(H,28,30,32). The van der Waals surface area contributed by atoms with Crippen LogP contribution in [0.25, 0.3) is 16.9 Å². The molecule has 0 unspecified atom stereocenters. The van der Waals surface area contributed by atoms with Crippen molar-refractivity contribution < 1.29 is 14.3 Å². The number of amides is 1. The van der Waals surface area contributed by atoms with E-state index in [9.17, 15) is 9.59 Å². The lowest BCUT2D eigenvalue weighted by Gasteiger charge is -2.15. The van der Waals surface area contributed by atoms with Crippen LogP contribution in [0, 0.1) is 0 Å². The van der Waals surface area contributed by atoms with E-state index in [0.717, 1.165) is 5.69 Å². The van der Waals surface area contributed by atoms with Crippen molar-refractivity contribution in [2.75, 3.05) is 31.0 Å². The monoisotopic (exact) mass is 500 g/mol. The van der Waals surface area contributed by atoms with E-state index in [1.165, 1.54) is 10.6 Å². The smallest absolute Gasteiger partial charge is 0.278 e. The van der Waals surface area contributed by atoms with E-state index in [-0.39, 0.29) is 17.4 Å². The fraction of sp³-hybridized carbons (Fsp3) is 0.222. The maximum Gasteiger partial charge on any atom is 0.278 e. The summed E-state index contributed by atoms with van der Waals surface area (Å²) in [6.45, 7) is 8.24. The Kier molecular flexibility index (Phi) is 7.89. The van der Waals surface area contributed by atoms with Gasteiger partial charge in [-0.25, -0.2) is 9.97 Å². The van der Waals surface area contributed by atoms with E-state index < -0.39 is 0 Å². The second-order valence-electron chi connectivity index (χ2n) is 8.43. The van der Waals surface area contributed by atoms with Crippen molar-refractivity contribution in [3.8, 4) is 11.4 Å². The number of methoxy groups -OCH3 is 1. The Bertz CT molecular complexity index is 1480. The van der Waals surface area contributed by atoms with Gasteiger partial charge in [-0.15, -0.1) is 0 Å². The van der Waals surface area contributed by atoms with Crippen molar-refractivity contribution in [2.24, 2.45) is 0 Å². The molecule has 2 N–H and O–H groups in total. The number of hydrogen-bond donors (Lipinski definition) is 2. The summed E-state index contributed by atoms with van der Waals surface area (Å²) in [5.41, 5.74) is 2.69. The van der Waals surface area contributed by atoms with Gasteiger partial charge in [-0.1, -0.05) is 26.5 Å². The first kappa shape index (κ1) is 25.5. The molecule has 10 nitrogen and oxygen atoms in total. The third-order valence-corrected chi connectivity index (χ3v) is 5.40. The van der Waals surface area contributed by atoms with E-state index in [1.54, 1.807) is 37.6 Å². The van der Waals surface area contributed by atoms with Crippen LogP contribution in [0.15, 0.2) is 72.2 Å². The summed E-state index contributed by atoms with van der Waals surface area (Å²) in [4.78, 5) is 38.9. The normalized spacial score (nSPS) is 10.9. The van der Waals surface area contributed by atoms with Gasteiger partial charge in [-0.05, 0) is 48.5 Å². The Balaban J connectivity index is 1.74. The third kappa shape index (κ3) is 5.99. The van der Waals surface area contributed by atoms with Crippen molar-refractivity contribution in [3.05, 3.63) is 83.4 Å². The summed E-state index contributed by atoms with van der Waals surface area (Å²) < 4.78 is 12.1. The summed E-state index contributed by atoms with van der Waals surface area (Å²) in [5, 5.41) is 5.88. The molecule has 2 aromatic heterocycles. The first-order valence-corrected chi connectivity index (χ1v) is 11.7. The number of aromatic nitrogens is 4. The van der Waals surface area contributed by atoms with Crippen molar-refractivity contribution in [1.29, 1.82) is 0 Å². The topological polar surface area (TPSA) is 120 Å². The molecule has 0 saturated carbocycles. The summed E-state index contributed by atoms with van der Waals surface area (Å²) in [6.07, 6.45) is 2.76. The zero-order chi connectivity index (χ0) is 26.4. The SMILES string of the molecule is C=CC(=O)Nc1cccc(-n2c(=O)c(C(C)C)nc3cnc(Nc4ccc(OCCOC)cc4)nc32)c1. The highest BCUT2D eigenvalue weighted by molar-refractivity contribution is 5.99. The summed E-state index contributed by atoms with van der Waals surface area (Å²) in [7, 11) is 1.62. The number of rotatable bonds is 10. The number of hydrogen-bond acceptors (Lipinski definition) is 8. The first-order valence-electron chi connectivity index (χ1n) is 11.7. The molecule has 0 bridgehead atoms. The van der Waals surface area contributed by atoms with Crippen molar-refractivity contribution in [3.63, 3.8) is 0 Å². The number of carbonyl (C=O) groups excluding carboxylic acids is 1. The molecule has 4 aromatic rings. The van der Waals surface area contributed by atoms with Gasteiger partial charge in [0.05, 0.1) is 18.5 Å². The molecule has 0 atom stereocenters. The molecule has 0 fully saturated rings. The van der Waals surface area contributed by atoms with Gasteiger partial charge in [-0.3, -0.25) is 14.2 Å². The predicted molar refractivity (Wildman–Crippen MR) is 143 cm³/mol. The molecule has 37 heavy (non-hydrogen) atoms. The molecule has 0 saturated heterocycles. The van der Waals surface area contributed by atoms with Gasteiger partial charge in [0.25, 0.3) is 5.56 Å². The summed E-state index contributed by atoms with van der Waals surface area (Å²) >= 11 is 0. The molecule has 0 aliphatic rings. The van der Waals surface area contributed by atoms with Crippen LogP contribution in [0.1, 0.15) is 25.5 Å². The highest BCUT2D eigenvalue weighted by Crippen LogP contribution is 2.22. The molecule has 0 radical (unpaired) electrons. The van der Waals surface area contributed by atoms with Gasteiger partial charge in [0.1, 0.15) is 23.6 Å². The minimum Gasteiger partial charge on any atom is -0.491 e. The highest BCUT2D eigenvalue weighted by atomic mass is 16.5. The molecule has 0 spiro atoms. The molecule has 10 heteroatoms. The van der Waals surface area contributed by atoms with Crippen LogP contribution in [-0.4, -0.2) is 45.7 Å². The van der Waals surface area contributed by atoms with Crippen molar-refractivity contribution in [2.45, 2.75) is 19.8 Å². The van der Waals surface area contributed by atoms with E-state index in [2.05, 4.69) is 32.2 Å². The van der Waals surface area contributed by atoms with E-state index >= 15 is 0 Å². The number of carbonyl (C=O) groups is 1. The van der Waals surface area contributed by atoms with Crippen LogP contribution in [-0.2, 0) is 9.53 Å². The predicted octanol–water partition coefficient (Wildman–Crippen LogP) is 4.19. The summed E-state index contributed by atoms with van der Waals surface area (Å²) in [5.74, 6) is 0.540. The lowest BCUT2D eigenvalue weighted by Crippen LogP contribution is -2.26. The van der Waals surface area contributed by atoms with Crippen LogP contribution < -0.4 is 20.9 Å². The van der Waals surface area contributed by atoms with Crippen LogP contribution in [0.5, 0.6) is 5.75 Å². The summed E-state index contributed by atoms with van der Waals surface area (Å²) in [6, 6.07) is 14.3. The van der Waals surface area contributed by atoms with Gasteiger partial charge >= 0.3 is 0 Å². The Morgan fingerprint density at radius 1 is 1.11 bits per heavy atom. The highest BCUT2D eigenvalue weighted by Gasteiger charge is 2.17. The number of nitrogens with zero attached hydrogens (tertiary/aromatic N) is 4. The molecular weight excluding hydrogens is 472 g/mol. The zero-order valence-electron chi connectivity index (χ0n) is 20.9. The van der Waals surface area contributed by atoms with E-state index in [4.69, 9.17) is 9.47 Å². The zero-order valence-corrected chi connectivity index (χ0v) is 20.9. The molecule has 4 rings (SSSR count). The third-order valence-electron chi connectivity index (χ3n) is 5.40. The quantitative estimate of drug-likeness (QED) is 0.246. The van der Waals surface area contributed by atoms with Gasteiger partial charge in [0.2, 0.25) is 11.9 Å². The van der Waals surface area contributed by atoms with Gasteiger partial charge in [-0.2, -0.15) is 4.98 Å². The largest absolute Gasteiger partial charge is 0.491 e. The fourth-order valence-electron chi connectivity index (χ4n) is 3.60. The fourth-order valence-corrected chi connectivity index (χ4v) is 3.60. The molecule has 190 valence electrons. The lowest BCUT2D eigenvalue weighted by molar-refractivity contribution is -0.111. The maximum absolute atomic E-state index is 13.5. The first-order chi connectivity index (χ1) is 17.9. The van der Waals surface area contributed by atoms with Crippen LogP contribution in [0.4, 0.5) is 17.3 Å². The Morgan fingerprint density at radius 3 is 2.59 bits per heavy atom. The Hall–Kier alpha value is -4.57. The Morgan fingerprint density at radius 2 is 1.89 bits per heavy atom. The van der Waals surface area contributed by atoms with Gasteiger partial charge < -0.3 is 20.1 Å². The molecule has 0 aliphatic heterocycles. The molecular formula is C27H28N6O4. The Labute approximate surface area is 214 Å². The molecule has 0 aliphatic carbocycles. The molecule has 1 amide bonds. The average Bonchev–Trinajstić information content (AvgIpc) is 2.89. The van der Waals surface area contributed by atoms with Gasteiger partial charge in [0.15, 0.2) is 5.65 Å². The van der Waals surface area contributed by atoms with Crippen molar-refractivity contribution in [1.82, 2.24) is 19.5 Å².